The molecule has 0 aliphatic heterocycles. The molecule has 1 N–H and O–H groups in total. The van der Waals surface area contributed by atoms with Gasteiger partial charge in [0.25, 0.3) is 0 Å². The monoisotopic (exact) mass is 325 g/mol. The van der Waals surface area contributed by atoms with Gasteiger partial charge >= 0.3 is 6.09 Å². The van der Waals surface area contributed by atoms with Gasteiger partial charge in [-0.15, -0.1) is 0 Å². The van der Waals surface area contributed by atoms with Gasteiger partial charge < -0.3 is 10.1 Å². The van der Waals surface area contributed by atoms with Crippen LogP contribution in [0.3, 0.4) is 0 Å². The fourth-order valence-electron chi connectivity index (χ4n) is 3.22. The molecule has 0 heterocycles. The van der Waals surface area contributed by atoms with Crippen LogP contribution in [0.2, 0.25) is 0 Å². The van der Waals surface area contributed by atoms with Gasteiger partial charge in [0.15, 0.2) is 5.78 Å². The number of hydrogen-bond acceptors (Lipinski definition) is 3. The highest BCUT2D eigenvalue weighted by molar-refractivity contribution is 6.10. The molecule has 0 saturated carbocycles. The summed E-state index contributed by atoms with van der Waals surface area (Å²) in [6, 6.07) is 10.2. The Morgan fingerprint density at radius 3 is 2.50 bits per heavy atom. The number of ether oxygens (including phenoxy) is 1. The van der Waals surface area contributed by atoms with Gasteiger partial charge in [-0.05, 0) is 55.5 Å². The molecular weight excluding hydrogens is 302 g/mol. The van der Waals surface area contributed by atoms with E-state index in [-0.39, 0.29) is 18.7 Å². The normalized spacial score (nSPS) is 13.1. The van der Waals surface area contributed by atoms with E-state index in [9.17, 15) is 9.59 Å². The minimum atomic E-state index is -0.536. The molecular formula is C20H23NO3. The van der Waals surface area contributed by atoms with Crippen molar-refractivity contribution in [2.45, 2.75) is 45.6 Å². The quantitative estimate of drug-likeness (QED) is 0.863. The maximum absolute atomic E-state index is 12.6. The minimum absolute atomic E-state index is 0.0432. The molecule has 0 atom stereocenters. The van der Waals surface area contributed by atoms with E-state index in [1.165, 1.54) is 16.5 Å². The number of aryl methyl sites for hydroxylation is 2. The number of carbonyl (C=O) groups is 2. The zero-order valence-electron chi connectivity index (χ0n) is 14.4. The fraction of sp³-hybridized carbons (Fsp3) is 0.400. The summed E-state index contributed by atoms with van der Waals surface area (Å²) in [5.41, 5.74) is 2.85. The van der Waals surface area contributed by atoms with Gasteiger partial charge in [-0.1, -0.05) is 30.3 Å². The third-order valence-electron chi connectivity index (χ3n) is 4.20. The number of ketones is 1. The molecule has 4 nitrogen and oxygen atoms in total. The molecule has 126 valence electrons. The summed E-state index contributed by atoms with van der Waals surface area (Å²) in [6.45, 7) is 5.70. The van der Waals surface area contributed by atoms with E-state index in [0.29, 0.717) is 0 Å². The van der Waals surface area contributed by atoms with Crippen molar-refractivity contribution in [1.82, 2.24) is 5.32 Å². The lowest BCUT2D eigenvalue weighted by Crippen LogP contribution is -2.33. The summed E-state index contributed by atoms with van der Waals surface area (Å²) in [5.74, 6) is 0.0432. The van der Waals surface area contributed by atoms with Gasteiger partial charge in [0.1, 0.15) is 5.60 Å². The smallest absolute Gasteiger partial charge is 0.407 e. The van der Waals surface area contributed by atoms with Gasteiger partial charge in [-0.3, -0.25) is 4.79 Å². The third kappa shape index (κ3) is 3.42. The summed E-state index contributed by atoms with van der Waals surface area (Å²) < 4.78 is 5.17. The highest BCUT2D eigenvalue weighted by atomic mass is 16.6. The molecule has 0 saturated heterocycles. The maximum Gasteiger partial charge on any atom is 0.407 e. The predicted octanol–water partition coefficient (Wildman–Crippen LogP) is 4.04. The molecule has 2 aromatic rings. The van der Waals surface area contributed by atoms with Crippen LogP contribution in [0.5, 0.6) is 0 Å². The van der Waals surface area contributed by atoms with Gasteiger partial charge in [-0.25, -0.2) is 4.79 Å². The Balaban J connectivity index is 1.69. The molecule has 4 heteroatoms. The van der Waals surface area contributed by atoms with Crippen LogP contribution >= 0.6 is 0 Å². The highest BCUT2D eigenvalue weighted by Gasteiger charge is 2.19. The van der Waals surface area contributed by atoms with Crippen LogP contribution < -0.4 is 5.32 Å². The molecule has 0 aromatic heterocycles. The molecule has 0 radical (unpaired) electrons. The van der Waals surface area contributed by atoms with Crippen molar-refractivity contribution in [3.05, 3.63) is 47.0 Å². The van der Waals surface area contributed by atoms with Gasteiger partial charge in [0, 0.05) is 18.5 Å². The van der Waals surface area contributed by atoms with E-state index in [1.54, 1.807) is 0 Å². The Labute approximate surface area is 142 Å². The van der Waals surface area contributed by atoms with Crippen LogP contribution in [0.1, 0.15) is 48.7 Å². The summed E-state index contributed by atoms with van der Waals surface area (Å²) >= 11 is 0. The Bertz CT molecular complexity index is 792. The first-order valence-corrected chi connectivity index (χ1v) is 8.39. The van der Waals surface area contributed by atoms with E-state index in [0.717, 1.165) is 23.8 Å². The zero-order valence-corrected chi connectivity index (χ0v) is 14.4. The van der Waals surface area contributed by atoms with Crippen molar-refractivity contribution in [2.75, 3.05) is 6.54 Å². The lowest BCUT2D eigenvalue weighted by atomic mass is 9.96. The van der Waals surface area contributed by atoms with Crippen molar-refractivity contribution in [3.63, 3.8) is 0 Å². The van der Waals surface area contributed by atoms with Gasteiger partial charge in [0.2, 0.25) is 0 Å². The molecule has 2 aromatic carbocycles. The lowest BCUT2D eigenvalue weighted by molar-refractivity contribution is 0.0527. The van der Waals surface area contributed by atoms with E-state index in [4.69, 9.17) is 4.74 Å². The maximum atomic E-state index is 12.6. The summed E-state index contributed by atoms with van der Waals surface area (Å²) in [5, 5.41) is 4.91. The van der Waals surface area contributed by atoms with E-state index < -0.39 is 11.7 Å². The number of nitrogens with one attached hydrogen (secondary N) is 1. The van der Waals surface area contributed by atoms with E-state index in [1.807, 2.05) is 39.0 Å². The van der Waals surface area contributed by atoms with Crippen molar-refractivity contribution in [1.29, 1.82) is 0 Å². The van der Waals surface area contributed by atoms with Crippen LogP contribution in [0, 0.1) is 0 Å². The predicted molar refractivity (Wildman–Crippen MR) is 94.5 cm³/mol. The molecule has 0 bridgehead atoms. The minimum Gasteiger partial charge on any atom is -0.444 e. The number of hydrogen-bond donors (Lipinski definition) is 1. The first kappa shape index (κ1) is 16.5. The number of carbonyl (C=O) groups excluding carboxylic acids is 2. The number of Topliss-reactive ketones (excluding diaryl/α,β-unsaturated/α-hetero) is 1. The third-order valence-corrected chi connectivity index (χ3v) is 4.20. The largest absolute Gasteiger partial charge is 0.444 e. The molecule has 0 spiro atoms. The van der Waals surface area contributed by atoms with Gasteiger partial charge in [-0.2, -0.15) is 0 Å². The van der Waals surface area contributed by atoms with E-state index in [2.05, 4.69) is 17.4 Å². The number of rotatable bonds is 4. The highest BCUT2D eigenvalue weighted by Crippen LogP contribution is 2.33. The molecule has 1 aliphatic rings. The molecule has 0 fully saturated rings. The SMILES string of the molecule is CC(C)(C)OC(=O)NCCC(=O)c1ccc2c3c(cccc13)CC2. The Kier molecular flexibility index (Phi) is 4.31. The van der Waals surface area contributed by atoms with Crippen molar-refractivity contribution in [3.8, 4) is 0 Å². The van der Waals surface area contributed by atoms with Crippen LogP contribution in [-0.2, 0) is 17.6 Å². The second-order valence-corrected chi connectivity index (χ2v) is 7.21. The second kappa shape index (κ2) is 6.27. The van der Waals surface area contributed by atoms with Crippen LogP contribution in [0.25, 0.3) is 10.8 Å². The average Bonchev–Trinajstić information content (AvgIpc) is 2.91. The standard InChI is InChI=1S/C20H23NO3/c1-20(2,3)24-19(23)21-12-11-17(22)15-10-9-14-8-7-13-5-4-6-16(15)18(13)14/h4-6,9-10H,7-8,11-12H2,1-3H3,(H,21,23). The Morgan fingerprint density at radius 2 is 1.79 bits per heavy atom. The molecule has 1 aliphatic carbocycles. The summed E-state index contributed by atoms with van der Waals surface area (Å²) in [7, 11) is 0. The van der Waals surface area contributed by atoms with Crippen LogP contribution in [0.15, 0.2) is 30.3 Å². The van der Waals surface area contributed by atoms with Crippen molar-refractivity contribution >= 4 is 22.6 Å². The molecule has 1 amide bonds. The van der Waals surface area contributed by atoms with Gasteiger partial charge in [0.05, 0.1) is 0 Å². The average molecular weight is 325 g/mol. The van der Waals surface area contributed by atoms with Crippen LogP contribution in [-0.4, -0.2) is 24.0 Å². The van der Waals surface area contributed by atoms with Crippen molar-refractivity contribution < 1.29 is 14.3 Å². The fourth-order valence-corrected chi connectivity index (χ4v) is 3.22. The van der Waals surface area contributed by atoms with Crippen molar-refractivity contribution in [2.24, 2.45) is 0 Å². The zero-order chi connectivity index (χ0) is 17.3. The number of alkyl carbamates (subject to hydrolysis) is 1. The molecule has 24 heavy (non-hydrogen) atoms. The molecule has 0 unspecified atom stereocenters. The number of amides is 1. The topological polar surface area (TPSA) is 55.4 Å². The summed E-state index contributed by atoms with van der Waals surface area (Å²) in [4.78, 5) is 24.2. The van der Waals surface area contributed by atoms with E-state index >= 15 is 0 Å². The lowest BCUT2D eigenvalue weighted by Gasteiger charge is -2.19. The Morgan fingerprint density at radius 1 is 1.08 bits per heavy atom. The second-order valence-electron chi connectivity index (χ2n) is 7.21. The van der Waals surface area contributed by atoms with Crippen LogP contribution in [0.4, 0.5) is 4.79 Å². The first-order valence-electron chi connectivity index (χ1n) is 8.39. The summed E-state index contributed by atoms with van der Waals surface area (Å²) in [6.07, 6.45) is 1.86. The number of benzene rings is 2. The molecule has 3 rings (SSSR count). The Hall–Kier alpha value is -2.36. The first-order chi connectivity index (χ1) is 11.3.